The predicted octanol–water partition coefficient (Wildman–Crippen LogP) is 2.93. The second kappa shape index (κ2) is 7.80. The molecular formula is C21H23N5O2. The molecular weight excluding hydrogens is 354 g/mol. The first-order chi connectivity index (χ1) is 13.6. The summed E-state index contributed by atoms with van der Waals surface area (Å²) >= 11 is 0. The molecule has 2 heterocycles. The number of fused-ring (bicyclic) bond motifs is 1. The Bertz CT molecular complexity index is 1010. The third kappa shape index (κ3) is 4.03. The van der Waals surface area contributed by atoms with Gasteiger partial charge in [-0.15, -0.1) is 0 Å². The minimum Gasteiger partial charge on any atom is -0.365 e. The fraction of sp³-hybridized carbons (Fsp3) is 0.333. The molecule has 0 unspecified atom stereocenters. The van der Waals surface area contributed by atoms with Crippen molar-refractivity contribution in [2.45, 2.75) is 26.2 Å². The molecule has 1 aliphatic rings. The van der Waals surface area contributed by atoms with E-state index < -0.39 is 0 Å². The normalized spacial score (nSPS) is 13.5. The molecule has 0 aliphatic heterocycles. The van der Waals surface area contributed by atoms with Gasteiger partial charge in [-0.25, -0.2) is 9.97 Å². The second-order valence-corrected chi connectivity index (χ2v) is 7.17. The van der Waals surface area contributed by atoms with E-state index in [0.717, 1.165) is 16.8 Å². The molecule has 0 atom stereocenters. The SMILES string of the molecule is CC(=O)NCCNc1nccn2c(-c3ccc(C(=O)CC4CC4)cc3)cnc12. The number of amides is 1. The number of carbonyl (C=O) groups is 2. The van der Waals surface area contributed by atoms with E-state index in [1.807, 2.05) is 34.9 Å². The lowest BCUT2D eigenvalue weighted by Crippen LogP contribution is -2.26. The number of benzene rings is 1. The zero-order valence-electron chi connectivity index (χ0n) is 15.8. The number of nitrogens with zero attached hydrogens (tertiary/aromatic N) is 3. The number of Topliss-reactive ketones (excluding diaryl/α,β-unsaturated/α-hetero) is 1. The summed E-state index contributed by atoms with van der Waals surface area (Å²) in [5, 5.41) is 5.94. The maximum atomic E-state index is 12.3. The number of hydrogen-bond donors (Lipinski definition) is 2. The lowest BCUT2D eigenvalue weighted by atomic mass is 10.0. The van der Waals surface area contributed by atoms with Crippen LogP contribution in [0.2, 0.25) is 0 Å². The Hall–Kier alpha value is -3.22. The highest BCUT2D eigenvalue weighted by atomic mass is 16.1. The zero-order valence-corrected chi connectivity index (χ0v) is 15.8. The van der Waals surface area contributed by atoms with E-state index in [4.69, 9.17) is 0 Å². The Kier molecular flexibility index (Phi) is 5.06. The van der Waals surface area contributed by atoms with Crippen LogP contribution in [0.1, 0.15) is 36.5 Å². The molecule has 0 radical (unpaired) electrons. The van der Waals surface area contributed by atoms with E-state index in [9.17, 15) is 9.59 Å². The smallest absolute Gasteiger partial charge is 0.216 e. The van der Waals surface area contributed by atoms with Crippen LogP contribution in [0.4, 0.5) is 5.82 Å². The molecule has 4 rings (SSSR count). The number of carbonyl (C=O) groups excluding carboxylic acids is 2. The van der Waals surface area contributed by atoms with E-state index >= 15 is 0 Å². The van der Waals surface area contributed by atoms with Gasteiger partial charge in [0.2, 0.25) is 5.91 Å². The number of rotatable bonds is 8. The van der Waals surface area contributed by atoms with Crippen molar-refractivity contribution in [2.24, 2.45) is 5.92 Å². The minimum absolute atomic E-state index is 0.0601. The highest BCUT2D eigenvalue weighted by molar-refractivity contribution is 5.96. The summed E-state index contributed by atoms with van der Waals surface area (Å²) in [6.45, 7) is 2.57. The van der Waals surface area contributed by atoms with E-state index in [-0.39, 0.29) is 11.7 Å². The third-order valence-corrected chi connectivity index (χ3v) is 4.89. The lowest BCUT2D eigenvalue weighted by molar-refractivity contribution is -0.118. The summed E-state index contributed by atoms with van der Waals surface area (Å²) < 4.78 is 1.97. The second-order valence-electron chi connectivity index (χ2n) is 7.17. The Balaban J connectivity index is 1.51. The summed E-state index contributed by atoms with van der Waals surface area (Å²) in [5.41, 5.74) is 3.41. The molecule has 2 aromatic heterocycles. The van der Waals surface area contributed by atoms with Crippen LogP contribution in [-0.2, 0) is 4.79 Å². The molecule has 0 spiro atoms. The van der Waals surface area contributed by atoms with Crippen LogP contribution in [-0.4, -0.2) is 39.1 Å². The summed E-state index contributed by atoms with van der Waals surface area (Å²) in [7, 11) is 0. The molecule has 1 aromatic carbocycles. The Morgan fingerprint density at radius 1 is 1.14 bits per heavy atom. The highest BCUT2D eigenvalue weighted by Gasteiger charge is 2.24. The third-order valence-electron chi connectivity index (χ3n) is 4.89. The van der Waals surface area contributed by atoms with Gasteiger partial charge in [0, 0.05) is 50.0 Å². The molecule has 1 fully saturated rings. The minimum atomic E-state index is -0.0601. The fourth-order valence-electron chi connectivity index (χ4n) is 3.21. The van der Waals surface area contributed by atoms with Crippen molar-refractivity contribution < 1.29 is 9.59 Å². The number of aromatic nitrogens is 3. The van der Waals surface area contributed by atoms with E-state index in [1.54, 1.807) is 12.4 Å². The number of anilines is 1. The van der Waals surface area contributed by atoms with Gasteiger partial charge >= 0.3 is 0 Å². The standard InChI is InChI=1S/C21H23N5O2/c1-14(27)22-8-9-23-20-21-25-13-18(26(21)11-10-24-20)16-4-6-17(7-5-16)19(28)12-15-2-3-15/h4-7,10-11,13,15H,2-3,8-9,12H2,1H3,(H,22,27)(H,23,24). The van der Waals surface area contributed by atoms with Crippen LogP contribution in [0, 0.1) is 5.92 Å². The number of nitrogens with one attached hydrogen (secondary N) is 2. The van der Waals surface area contributed by atoms with Gasteiger partial charge in [0.05, 0.1) is 11.9 Å². The molecule has 28 heavy (non-hydrogen) atoms. The van der Waals surface area contributed by atoms with Crippen molar-refractivity contribution in [2.75, 3.05) is 18.4 Å². The first kappa shape index (κ1) is 18.2. The summed E-state index contributed by atoms with van der Waals surface area (Å²) in [6, 6.07) is 7.72. The molecule has 2 N–H and O–H groups in total. The van der Waals surface area contributed by atoms with Gasteiger partial charge < -0.3 is 10.6 Å². The van der Waals surface area contributed by atoms with E-state index in [0.29, 0.717) is 36.9 Å². The molecule has 0 bridgehead atoms. The van der Waals surface area contributed by atoms with Crippen LogP contribution in [0.5, 0.6) is 0 Å². The molecule has 3 aromatic rings. The van der Waals surface area contributed by atoms with Crippen LogP contribution >= 0.6 is 0 Å². The zero-order chi connectivity index (χ0) is 19.5. The molecule has 7 heteroatoms. The van der Waals surface area contributed by atoms with E-state index in [1.165, 1.54) is 19.8 Å². The van der Waals surface area contributed by atoms with Gasteiger partial charge in [-0.05, 0) is 18.8 Å². The fourth-order valence-corrected chi connectivity index (χ4v) is 3.21. The van der Waals surface area contributed by atoms with Crippen molar-refractivity contribution in [3.05, 3.63) is 48.4 Å². The summed E-state index contributed by atoms with van der Waals surface area (Å²) in [4.78, 5) is 32.1. The maximum absolute atomic E-state index is 12.3. The average Bonchev–Trinajstić information content (AvgIpc) is 3.40. The first-order valence-electron chi connectivity index (χ1n) is 9.56. The number of ketones is 1. The molecule has 1 amide bonds. The molecule has 144 valence electrons. The average molecular weight is 377 g/mol. The molecule has 0 saturated heterocycles. The van der Waals surface area contributed by atoms with Crippen molar-refractivity contribution >= 4 is 23.2 Å². The number of imidazole rings is 1. The largest absolute Gasteiger partial charge is 0.365 e. The van der Waals surface area contributed by atoms with E-state index in [2.05, 4.69) is 20.6 Å². The predicted molar refractivity (Wildman–Crippen MR) is 107 cm³/mol. The molecule has 1 aliphatic carbocycles. The van der Waals surface area contributed by atoms with Gasteiger partial charge in [-0.1, -0.05) is 24.3 Å². The van der Waals surface area contributed by atoms with Crippen LogP contribution in [0.3, 0.4) is 0 Å². The highest BCUT2D eigenvalue weighted by Crippen LogP contribution is 2.33. The molecule has 7 nitrogen and oxygen atoms in total. The summed E-state index contributed by atoms with van der Waals surface area (Å²) in [5.74, 6) is 1.42. The van der Waals surface area contributed by atoms with Crippen molar-refractivity contribution in [1.29, 1.82) is 0 Å². The van der Waals surface area contributed by atoms with Crippen molar-refractivity contribution in [3.8, 4) is 11.3 Å². The maximum Gasteiger partial charge on any atom is 0.216 e. The van der Waals surface area contributed by atoms with Gasteiger partial charge in [-0.3, -0.25) is 14.0 Å². The Labute approximate surface area is 163 Å². The Morgan fingerprint density at radius 3 is 2.64 bits per heavy atom. The molecule has 1 saturated carbocycles. The monoisotopic (exact) mass is 377 g/mol. The Morgan fingerprint density at radius 2 is 1.93 bits per heavy atom. The number of hydrogen-bond acceptors (Lipinski definition) is 5. The van der Waals surface area contributed by atoms with Gasteiger partial charge in [0.1, 0.15) is 0 Å². The van der Waals surface area contributed by atoms with Gasteiger partial charge in [0.15, 0.2) is 17.2 Å². The van der Waals surface area contributed by atoms with Crippen LogP contribution in [0.15, 0.2) is 42.9 Å². The van der Waals surface area contributed by atoms with Crippen molar-refractivity contribution in [1.82, 2.24) is 19.7 Å². The topological polar surface area (TPSA) is 88.4 Å². The first-order valence-corrected chi connectivity index (χ1v) is 9.56. The quantitative estimate of drug-likeness (QED) is 0.465. The lowest BCUT2D eigenvalue weighted by Gasteiger charge is -2.08. The van der Waals surface area contributed by atoms with Crippen LogP contribution in [0.25, 0.3) is 16.9 Å². The summed E-state index contributed by atoms with van der Waals surface area (Å²) in [6.07, 6.45) is 8.40. The van der Waals surface area contributed by atoms with Crippen LogP contribution < -0.4 is 10.6 Å². The van der Waals surface area contributed by atoms with Gasteiger partial charge in [-0.2, -0.15) is 0 Å². The van der Waals surface area contributed by atoms with Crippen molar-refractivity contribution in [3.63, 3.8) is 0 Å². The van der Waals surface area contributed by atoms with Gasteiger partial charge in [0.25, 0.3) is 0 Å².